The fourth-order valence-corrected chi connectivity index (χ4v) is 3.14. The monoisotopic (exact) mass is 394 g/mol. The molecule has 0 atom stereocenters. The van der Waals surface area contributed by atoms with Gasteiger partial charge in [0.2, 0.25) is 0 Å². The van der Waals surface area contributed by atoms with Crippen LogP contribution in [0, 0.1) is 0 Å². The molecule has 1 aromatic heterocycles. The van der Waals surface area contributed by atoms with E-state index in [2.05, 4.69) is 48.3 Å². The van der Waals surface area contributed by atoms with Crippen molar-refractivity contribution >= 4 is 23.0 Å². The molecular weight excluding hydrogens is 368 g/mol. The summed E-state index contributed by atoms with van der Waals surface area (Å²) in [5, 5.41) is 4.01. The third-order valence-corrected chi connectivity index (χ3v) is 4.94. The topological polar surface area (TPSA) is 37.6 Å². The molecule has 1 heterocycles. The fourth-order valence-electron chi connectivity index (χ4n) is 2.90. The van der Waals surface area contributed by atoms with Crippen LogP contribution >= 0.6 is 12.2 Å². The van der Waals surface area contributed by atoms with Gasteiger partial charge < -0.3 is 19.4 Å². The van der Waals surface area contributed by atoms with E-state index < -0.39 is 0 Å². The molecule has 4 nitrogen and oxygen atoms in total. The van der Waals surface area contributed by atoms with Gasteiger partial charge in [-0.05, 0) is 65.7 Å². The second kappa shape index (κ2) is 9.42. The smallest absolute Gasteiger partial charge is 0.174 e. The Bertz CT molecular complexity index is 872. The Balaban J connectivity index is 1.73. The minimum Gasteiger partial charge on any atom is -0.497 e. The molecule has 0 saturated carbocycles. The van der Waals surface area contributed by atoms with E-state index in [4.69, 9.17) is 21.4 Å². The zero-order chi connectivity index (χ0) is 19.9. The number of hydrogen-bond acceptors (Lipinski definition) is 3. The van der Waals surface area contributed by atoms with Gasteiger partial charge in [0.15, 0.2) is 5.11 Å². The number of benzene rings is 2. The van der Waals surface area contributed by atoms with Gasteiger partial charge in [-0.2, -0.15) is 0 Å². The summed E-state index contributed by atoms with van der Waals surface area (Å²) < 4.78 is 10.8. The van der Waals surface area contributed by atoms with Gasteiger partial charge >= 0.3 is 0 Å². The predicted molar refractivity (Wildman–Crippen MR) is 118 cm³/mol. The first-order chi connectivity index (χ1) is 13.5. The highest BCUT2D eigenvalue weighted by molar-refractivity contribution is 7.80. The van der Waals surface area contributed by atoms with E-state index in [1.807, 2.05) is 36.4 Å². The van der Waals surface area contributed by atoms with Crippen LogP contribution in [-0.2, 0) is 13.1 Å². The number of nitrogens with zero attached hydrogens (tertiary/aromatic N) is 1. The second-order valence-corrected chi connectivity index (χ2v) is 7.38. The molecule has 0 fully saturated rings. The van der Waals surface area contributed by atoms with Crippen molar-refractivity contribution in [2.75, 3.05) is 12.4 Å². The number of ether oxygens (including phenoxy) is 1. The Morgan fingerprint density at radius 1 is 1.04 bits per heavy atom. The zero-order valence-electron chi connectivity index (χ0n) is 16.5. The molecule has 0 saturated heterocycles. The Kier molecular flexibility index (Phi) is 6.71. The van der Waals surface area contributed by atoms with E-state index in [0.717, 1.165) is 22.8 Å². The van der Waals surface area contributed by atoms with Crippen molar-refractivity contribution in [1.82, 2.24) is 4.90 Å². The molecule has 5 heteroatoms. The standard InChI is InChI=1S/C23H26N2O2S/c1-17(2)19-8-10-20(11-9-19)24-23(28)25(16-22-5-4-14-27-22)15-18-6-12-21(26-3)13-7-18/h4-14,17H,15-16H2,1-3H3,(H,24,28). The van der Waals surface area contributed by atoms with Gasteiger partial charge in [0, 0.05) is 12.2 Å². The second-order valence-electron chi connectivity index (χ2n) is 6.99. The van der Waals surface area contributed by atoms with E-state index in [9.17, 15) is 0 Å². The maximum absolute atomic E-state index is 5.71. The maximum Gasteiger partial charge on any atom is 0.174 e. The number of rotatable bonds is 7. The summed E-state index contributed by atoms with van der Waals surface area (Å²) >= 11 is 5.71. The van der Waals surface area contributed by atoms with Gasteiger partial charge in [-0.15, -0.1) is 0 Å². The highest BCUT2D eigenvalue weighted by atomic mass is 32.1. The molecule has 0 amide bonds. The minimum atomic E-state index is 0.506. The Morgan fingerprint density at radius 3 is 2.32 bits per heavy atom. The summed E-state index contributed by atoms with van der Waals surface area (Å²) in [6.07, 6.45) is 1.68. The van der Waals surface area contributed by atoms with E-state index in [0.29, 0.717) is 24.1 Å². The average Bonchev–Trinajstić information content (AvgIpc) is 3.21. The van der Waals surface area contributed by atoms with Crippen molar-refractivity contribution in [3.8, 4) is 5.75 Å². The van der Waals surface area contributed by atoms with Gasteiger partial charge in [-0.1, -0.05) is 38.1 Å². The summed E-state index contributed by atoms with van der Waals surface area (Å²) in [7, 11) is 1.67. The molecule has 3 aromatic rings. The molecule has 0 aliphatic rings. The van der Waals surface area contributed by atoms with Crippen molar-refractivity contribution in [2.45, 2.75) is 32.9 Å². The van der Waals surface area contributed by atoms with E-state index in [-0.39, 0.29) is 0 Å². The third-order valence-electron chi connectivity index (χ3n) is 4.58. The first kappa shape index (κ1) is 20.0. The average molecular weight is 395 g/mol. The first-order valence-corrected chi connectivity index (χ1v) is 9.77. The summed E-state index contributed by atoms with van der Waals surface area (Å²) in [6.45, 7) is 5.63. The zero-order valence-corrected chi connectivity index (χ0v) is 17.3. The first-order valence-electron chi connectivity index (χ1n) is 9.36. The molecule has 0 aliphatic heterocycles. The van der Waals surface area contributed by atoms with Crippen molar-refractivity contribution in [3.05, 3.63) is 83.8 Å². The Labute approximate surface area is 172 Å². The highest BCUT2D eigenvalue weighted by Gasteiger charge is 2.13. The van der Waals surface area contributed by atoms with E-state index >= 15 is 0 Å². The molecule has 0 radical (unpaired) electrons. The molecule has 28 heavy (non-hydrogen) atoms. The summed E-state index contributed by atoms with van der Waals surface area (Å²) in [5.41, 5.74) is 3.43. The van der Waals surface area contributed by atoms with Crippen LogP contribution < -0.4 is 10.1 Å². The van der Waals surface area contributed by atoms with Gasteiger partial charge in [-0.3, -0.25) is 0 Å². The lowest BCUT2D eigenvalue weighted by molar-refractivity contribution is 0.360. The van der Waals surface area contributed by atoms with Crippen LogP contribution in [0.4, 0.5) is 5.69 Å². The largest absolute Gasteiger partial charge is 0.497 e. The maximum atomic E-state index is 5.71. The third kappa shape index (κ3) is 5.36. The Morgan fingerprint density at radius 2 is 1.75 bits per heavy atom. The van der Waals surface area contributed by atoms with Crippen LogP contribution in [0.3, 0.4) is 0 Å². The lowest BCUT2D eigenvalue weighted by atomic mass is 10.0. The molecule has 0 unspecified atom stereocenters. The van der Waals surface area contributed by atoms with Crippen LogP contribution in [0.2, 0.25) is 0 Å². The number of methoxy groups -OCH3 is 1. The quantitative estimate of drug-likeness (QED) is 0.512. The van der Waals surface area contributed by atoms with Gasteiger partial charge in [0.05, 0.1) is 19.9 Å². The minimum absolute atomic E-state index is 0.506. The molecule has 2 aromatic carbocycles. The summed E-state index contributed by atoms with van der Waals surface area (Å²) in [4.78, 5) is 2.09. The van der Waals surface area contributed by atoms with Crippen LogP contribution in [0.5, 0.6) is 5.75 Å². The van der Waals surface area contributed by atoms with E-state index in [1.165, 1.54) is 5.56 Å². The highest BCUT2D eigenvalue weighted by Crippen LogP contribution is 2.19. The molecule has 1 N–H and O–H groups in total. The normalized spacial score (nSPS) is 10.7. The lowest BCUT2D eigenvalue weighted by Gasteiger charge is -2.25. The number of furan rings is 1. The Hall–Kier alpha value is -2.79. The molecule has 0 aliphatic carbocycles. The SMILES string of the molecule is COc1ccc(CN(Cc2ccco2)C(=S)Nc2ccc(C(C)C)cc2)cc1. The molecular formula is C23H26N2O2S. The van der Waals surface area contributed by atoms with Gasteiger partial charge in [0.1, 0.15) is 11.5 Å². The van der Waals surface area contributed by atoms with Crippen LogP contribution in [0.1, 0.15) is 36.7 Å². The van der Waals surface area contributed by atoms with Crippen LogP contribution in [-0.4, -0.2) is 17.1 Å². The van der Waals surface area contributed by atoms with Crippen molar-refractivity contribution in [2.24, 2.45) is 0 Å². The molecule has 146 valence electrons. The molecule has 0 bridgehead atoms. The van der Waals surface area contributed by atoms with Crippen LogP contribution in [0.15, 0.2) is 71.3 Å². The van der Waals surface area contributed by atoms with Crippen molar-refractivity contribution in [1.29, 1.82) is 0 Å². The number of hydrogen-bond donors (Lipinski definition) is 1. The molecule has 0 spiro atoms. The van der Waals surface area contributed by atoms with Crippen LogP contribution in [0.25, 0.3) is 0 Å². The summed E-state index contributed by atoms with van der Waals surface area (Å²) in [5.74, 6) is 2.21. The van der Waals surface area contributed by atoms with Gasteiger partial charge in [0.25, 0.3) is 0 Å². The van der Waals surface area contributed by atoms with E-state index in [1.54, 1.807) is 13.4 Å². The summed E-state index contributed by atoms with van der Waals surface area (Å²) in [6, 6.07) is 20.3. The number of nitrogens with one attached hydrogen (secondary N) is 1. The lowest BCUT2D eigenvalue weighted by Crippen LogP contribution is -2.33. The number of thiocarbonyl (C=S) groups is 1. The fraction of sp³-hybridized carbons (Fsp3) is 0.261. The number of anilines is 1. The molecule has 3 rings (SSSR count). The van der Waals surface area contributed by atoms with Gasteiger partial charge in [-0.25, -0.2) is 0 Å². The van der Waals surface area contributed by atoms with Crippen molar-refractivity contribution in [3.63, 3.8) is 0 Å². The predicted octanol–water partition coefficient (Wildman–Crippen LogP) is 5.81. The van der Waals surface area contributed by atoms with Crippen molar-refractivity contribution < 1.29 is 9.15 Å².